The Kier molecular flexibility index (Phi) is 6.94. The van der Waals surface area contributed by atoms with Gasteiger partial charge in [-0.15, -0.1) is 0 Å². The molecule has 5 nitrogen and oxygen atoms in total. The number of halogens is 1. The molecule has 0 fully saturated rings. The van der Waals surface area contributed by atoms with Crippen LogP contribution >= 0.6 is 11.6 Å². The zero-order valence-corrected chi connectivity index (χ0v) is 20.7. The van der Waals surface area contributed by atoms with Crippen molar-refractivity contribution in [3.8, 4) is 5.75 Å². The first kappa shape index (κ1) is 23.8. The summed E-state index contributed by atoms with van der Waals surface area (Å²) in [6.45, 7) is 6.45. The van der Waals surface area contributed by atoms with Gasteiger partial charge in [0, 0.05) is 34.5 Å². The first-order chi connectivity index (χ1) is 16.3. The highest BCUT2D eigenvalue weighted by atomic mass is 35.5. The van der Waals surface area contributed by atoms with Crippen LogP contribution in [-0.2, 0) is 4.79 Å². The van der Waals surface area contributed by atoms with Crippen LogP contribution in [0.1, 0.15) is 47.7 Å². The van der Waals surface area contributed by atoms with E-state index in [0.717, 1.165) is 22.5 Å². The Balaban J connectivity index is 1.69. The van der Waals surface area contributed by atoms with Gasteiger partial charge in [-0.1, -0.05) is 29.8 Å². The van der Waals surface area contributed by atoms with E-state index in [1.54, 1.807) is 36.3 Å². The van der Waals surface area contributed by atoms with E-state index in [4.69, 9.17) is 16.3 Å². The van der Waals surface area contributed by atoms with E-state index >= 15 is 0 Å². The molecule has 0 spiro atoms. The van der Waals surface area contributed by atoms with Gasteiger partial charge in [0.1, 0.15) is 5.75 Å². The Hall–Kier alpha value is -3.31. The highest BCUT2D eigenvalue weighted by Gasteiger charge is 2.38. The van der Waals surface area contributed by atoms with Crippen molar-refractivity contribution in [2.75, 3.05) is 23.5 Å². The largest absolute Gasteiger partial charge is 0.497 e. The molecule has 6 heteroatoms. The quantitative estimate of drug-likeness (QED) is 0.438. The van der Waals surface area contributed by atoms with Gasteiger partial charge >= 0.3 is 0 Å². The van der Waals surface area contributed by atoms with Gasteiger partial charge in [0.15, 0.2) is 0 Å². The van der Waals surface area contributed by atoms with Crippen molar-refractivity contribution in [2.24, 2.45) is 0 Å². The summed E-state index contributed by atoms with van der Waals surface area (Å²) in [5, 5.41) is 0.677. The maximum Gasteiger partial charge on any atom is 0.258 e. The number of carbonyl (C=O) groups excluding carboxylic acids is 2. The molecule has 2 amide bonds. The Labute approximate surface area is 205 Å². The Bertz CT molecular complexity index is 1210. The third-order valence-electron chi connectivity index (χ3n) is 6.48. The number of likely N-dealkylation sites (N-methyl/N-ethyl adjacent to an activating group) is 1. The van der Waals surface area contributed by atoms with Gasteiger partial charge < -0.3 is 14.5 Å². The van der Waals surface area contributed by atoms with Crippen molar-refractivity contribution in [1.82, 2.24) is 0 Å². The molecule has 2 unspecified atom stereocenters. The second kappa shape index (κ2) is 9.90. The molecule has 1 aliphatic rings. The minimum absolute atomic E-state index is 0.0278. The summed E-state index contributed by atoms with van der Waals surface area (Å²) in [5.41, 5.74) is 4.00. The molecule has 0 aliphatic carbocycles. The number of amides is 2. The summed E-state index contributed by atoms with van der Waals surface area (Å²) in [6.07, 6.45) is 0.542. The normalized spacial score (nSPS) is 17.1. The molecule has 176 valence electrons. The molecule has 0 radical (unpaired) electrons. The topological polar surface area (TPSA) is 49.9 Å². The summed E-state index contributed by atoms with van der Waals surface area (Å²) in [6, 6.07) is 20.3. The van der Waals surface area contributed by atoms with Gasteiger partial charge in [0.05, 0.1) is 13.0 Å². The lowest BCUT2D eigenvalue weighted by Crippen LogP contribution is -2.46. The van der Waals surface area contributed by atoms with Crippen molar-refractivity contribution in [3.05, 3.63) is 88.4 Å². The number of rotatable bonds is 5. The number of para-hydroxylation sites is 1. The summed E-state index contributed by atoms with van der Waals surface area (Å²) >= 11 is 6.21. The maximum atomic E-state index is 13.8. The predicted molar refractivity (Wildman–Crippen MR) is 137 cm³/mol. The number of hydrogen-bond donors (Lipinski definition) is 0. The number of aryl methyl sites for hydroxylation is 1. The van der Waals surface area contributed by atoms with Crippen LogP contribution in [0.2, 0.25) is 5.02 Å². The zero-order chi connectivity index (χ0) is 24.4. The monoisotopic (exact) mass is 476 g/mol. The number of benzene rings is 3. The molecule has 0 N–H and O–H groups in total. The van der Waals surface area contributed by atoms with Gasteiger partial charge in [0.2, 0.25) is 5.91 Å². The molecule has 0 saturated carbocycles. The van der Waals surface area contributed by atoms with Crippen molar-refractivity contribution in [1.29, 1.82) is 0 Å². The molecular formula is C28H29ClN2O3. The second-order valence-electron chi connectivity index (χ2n) is 8.62. The number of hydrogen-bond acceptors (Lipinski definition) is 3. The molecular weight excluding hydrogens is 448 g/mol. The fourth-order valence-electron chi connectivity index (χ4n) is 4.68. The van der Waals surface area contributed by atoms with Gasteiger partial charge in [-0.05, 0) is 86.8 Å². The summed E-state index contributed by atoms with van der Waals surface area (Å²) in [4.78, 5) is 30.9. The van der Waals surface area contributed by atoms with Crippen molar-refractivity contribution < 1.29 is 14.3 Å². The molecule has 2 atom stereocenters. The van der Waals surface area contributed by atoms with Gasteiger partial charge in [-0.25, -0.2) is 0 Å². The summed E-state index contributed by atoms with van der Waals surface area (Å²) in [5.74, 6) is 0.294. The molecule has 1 heterocycles. The van der Waals surface area contributed by atoms with Crippen LogP contribution in [0.4, 0.5) is 11.4 Å². The maximum absolute atomic E-state index is 13.8. The molecule has 3 aromatic carbocycles. The van der Waals surface area contributed by atoms with Crippen molar-refractivity contribution >= 4 is 34.8 Å². The number of nitrogens with zero attached hydrogens (tertiary/aromatic N) is 2. The average molecular weight is 477 g/mol. The van der Waals surface area contributed by atoms with Crippen LogP contribution < -0.4 is 14.5 Å². The minimum atomic E-state index is -0.345. The number of ether oxygens (including phenoxy) is 1. The summed E-state index contributed by atoms with van der Waals surface area (Å²) < 4.78 is 5.22. The predicted octanol–water partition coefficient (Wildman–Crippen LogP) is 6.23. The number of fused-ring (bicyclic) bond motifs is 1. The molecule has 0 aromatic heterocycles. The van der Waals surface area contributed by atoms with Gasteiger partial charge in [0.25, 0.3) is 5.91 Å². The van der Waals surface area contributed by atoms with Crippen LogP contribution in [-0.4, -0.2) is 31.5 Å². The fraction of sp³-hybridized carbons (Fsp3) is 0.286. The van der Waals surface area contributed by atoms with E-state index in [-0.39, 0.29) is 23.8 Å². The molecule has 0 saturated heterocycles. The Morgan fingerprint density at radius 1 is 1.09 bits per heavy atom. The lowest BCUT2D eigenvalue weighted by molar-refractivity contribution is -0.120. The highest BCUT2D eigenvalue weighted by Crippen LogP contribution is 2.41. The van der Waals surface area contributed by atoms with E-state index in [0.29, 0.717) is 29.3 Å². The molecule has 4 rings (SSSR count). The Morgan fingerprint density at radius 2 is 1.79 bits per heavy atom. The van der Waals surface area contributed by atoms with Crippen molar-refractivity contribution in [2.45, 2.75) is 39.2 Å². The third-order valence-corrected chi connectivity index (χ3v) is 6.90. The van der Waals surface area contributed by atoms with E-state index < -0.39 is 0 Å². The van der Waals surface area contributed by atoms with Crippen LogP contribution in [0.5, 0.6) is 5.75 Å². The molecule has 34 heavy (non-hydrogen) atoms. The molecule has 3 aromatic rings. The van der Waals surface area contributed by atoms with E-state index in [2.05, 4.69) is 0 Å². The lowest BCUT2D eigenvalue weighted by atomic mass is 9.84. The van der Waals surface area contributed by atoms with Crippen LogP contribution in [0.25, 0.3) is 0 Å². The number of carbonyl (C=O) groups is 2. The molecule has 1 aliphatic heterocycles. The third kappa shape index (κ3) is 4.40. The smallest absolute Gasteiger partial charge is 0.258 e. The van der Waals surface area contributed by atoms with Gasteiger partial charge in [-0.3, -0.25) is 9.59 Å². The van der Waals surface area contributed by atoms with E-state index in [1.165, 1.54) is 0 Å². The average Bonchev–Trinajstić information content (AvgIpc) is 2.85. The highest BCUT2D eigenvalue weighted by molar-refractivity contribution is 6.31. The second-order valence-corrected chi connectivity index (χ2v) is 9.02. The fourth-order valence-corrected chi connectivity index (χ4v) is 4.80. The first-order valence-corrected chi connectivity index (χ1v) is 11.9. The Morgan fingerprint density at radius 3 is 2.44 bits per heavy atom. The number of methoxy groups -OCH3 is 1. The first-order valence-electron chi connectivity index (χ1n) is 11.5. The van der Waals surface area contributed by atoms with Gasteiger partial charge in [-0.2, -0.15) is 0 Å². The van der Waals surface area contributed by atoms with Crippen molar-refractivity contribution in [3.63, 3.8) is 0 Å². The van der Waals surface area contributed by atoms with Crippen LogP contribution in [0, 0.1) is 6.92 Å². The lowest BCUT2D eigenvalue weighted by Gasteiger charge is -2.40. The van der Waals surface area contributed by atoms with Crippen LogP contribution in [0.3, 0.4) is 0 Å². The SMILES string of the molecule is CCN(C(=O)C1CC(C)N(C(=O)c2ccc(OC)cc2)c2ccccc21)c1ccc(Cl)c(C)c1. The van der Waals surface area contributed by atoms with E-state index in [9.17, 15) is 9.59 Å². The zero-order valence-electron chi connectivity index (χ0n) is 19.9. The number of anilines is 2. The minimum Gasteiger partial charge on any atom is -0.497 e. The van der Waals surface area contributed by atoms with Crippen LogP contribution in [0.15, 0.2) is 66.7 Å². The standard InChI is InChI=1S/C28H29ClN2O3/c1-5-30(21-12-15-25(29)18(2)16-21)28(33)24-17-19(3)31(26-9-7-6-8-23(24)26)27(32)20-10-13-22(34-4)14-11-20/h6-16,19,24H,5,17H2,1-4H3. The molecule has 0 bridgehead atoms. The summed E-state index contributed by atoms with van der Waals surface area (Å²) in [7, 11) is 1.60. The van der Waals surface area contributed by atoms with E-state index in [1.807, 2.05) is 68.1 Å².